The molecule has 12 nitrogen and oxygen atoms in total. The summed E-state index contributed by atoms with van der Waals surface area (Å²) in [7, 11) is 0. The SMILES string of the molecule is CC(C)(C)OC(=O)[C@@]1(C(=O)C(O)[C@H](Cc2ccccc2)NC(=O)[C@H](CC(N)=O)NC(=O)OCc2ccccc2)CCCCN1. The van der Waals surface area contributed by atoms with E-state index in [9.17, 15) is 29.1 Å². The standard InChI is InChI=1S/C32H42N4O8/c1-31(2,3)44-29(41)32(16-10-11-17-34-32)27(39)26(38)23(18-21-12-6-4-7-13-21)35-28(40)24(19-25(33)37)36-30(42)43-20-22-14-8-5-9-15-22/h4-9,12-15,23-24,26,34,38H,10-11,16-20H2,1-3H3,(H2,33,37)(H,35,40)(H,36,42)/t23-,24-,26?,32-/m0/s1. The van der Waals surface area contributed by atoms with Crippen LogP contribution in [0.2, 0.25) is 0 Å². The Hall–Kier alpha value is -4.29. The Morgan fingerprint density at radius 2 is 1.57 bits per heavy atom. The highest BCUT2D eigenvalue weighted by atomic mass is 16.6. The van der Waals surface area contributed by atoms with Crippen LogP contribution >= 0.6 is 0 Å². The summed E-state index contributed by atoms with van der Waals surface area (Å²) in [6, 6.07) is 14.9. The van der Waals surface area contributed by atoms with Gasteiger partial charge in [-0.25, -0.2) is 9.59 Å². The Morgan fingerprint density at radius 3 is 2.11 bits per heavy atom. The highest BCUT2D eigenvalue weighted by Gasteiger charge is 2.52. The van der Waals surface area contributed by atoms with Gasteiger partial charge in [0.2, 0.25) is 11.8 Å². The molecule has 0 radical (unpaired) electrons. The molecule has 2 aromatic carbocycles. The monoisotopic (exact) mass is 610 g/mol. The lowest BCUT2D eigenvalue weighted by molar-refractivity contribution is -0.169. The molecule has 6 N–H and O–H groups in total. The van der Waals surface area contributed by atoms with Crippen LogP contribution in [0.1, 0.15) is 57.6 Å². The second-order valence-corrected chi connectivity index (χ2v) is 11.8. The second kappa shape index (κ2) is 15.4. The number of ether oxygens (including phenoxy) is 2. The Labute approximate surface area is 257 Å². The number of carbonyl (C=O) groups excluding carboxylic acids is 5. The predicted octanol–water partition coefficient (Wildman–Crippen LogP) is 1.67. The number of nitrogens with one attached hydrogen (secondary N) is 3. The molecule has 1 aliphatic rings. The Bertz CT molecular complexity index is 1290. The fraction of sp³-hybridized carbons (Fsp3) is 0.469. The Balaban J connectivity index is 1.84. The van der Waals surface area contributed by atoms with Gasteiger partial charge in [0, 0.05) is 0 Å². The maximum atomic E-state index is 14.0. The summed E-state index contributed by atoms with van der Waals surface area (Å²) < 4.78 is 10.8. The van der Waals surface area contributed by atoms with E-state index < -0.39 is 65.4 Å². The first-order valence-electron chi connectivity index (χ1n) is 14.6. The number of nitrogens with two attached hydrogens (primary N) is 1. The summed E-state index contributed by atoms with van der Waals surface area (Å²) in [5.74, 6) is -3.42. The number of primary amides is 1. The third-order valence-electron chi connectivity index (χ3n) is 7.08. The number of piperidine rings is 1. The zero-order chi connectivity index (χ0) is 32.3. The van der Waals surface area contributed by atoms with Gasteiger partial charge >= 0.3 is 12.1 Å². The van der Waals surface area contributed by atoms with E-state index in [1.807, 2.05) is 6.07 Å². The molecule has 2 aromatic rings. The molecule has 0 spiro atoms. The molecule has 1 unspecified atom stereocenters. The van der Waals surface area contributed by atoms with E-state index >= 15 is 0 Å². The van der Waals surface area contributed by atoms with E-state index in [0.717, 1.165) is 6.42 Å². The minimum Gasteiger partial charge on any atom is -0.458 e. The number of aliphatic hydroxyl groups is 1. The zero-order valence-corrected chi connectivity index (χ0v) is 25.3. The first-order chi connectivity index (χ1) is 20.8. The van der Waals surface area contributed by atoms with E-state index in [4.69, 9.17) is 15.2 Å². The summed E-state index contributed by atoms with van der Waals surface area (Å²) in [5, 5.41) is 19.4. The number of carbonyl (C=O) groups is 5. The van der Waals surface area contributed by atoms with E-state index in [1.54, 1.807) is 75.4 Å². The minimum absolute atomic E-state index is 0.00830. The molecule has 1 heterocycles. The van der Waals surface area contributed by atoms with E-state index in [-0.39, 0.29) is 19.4 Å². The first kappa shape index (κ1) is 34.2. The molecule has 1 fully saturated rings. The average Bonchev–Trinajstić information content (AvgIpc) is 2.99. The van der Waals surface area contributed by atoms with Crippen molar-refractivity contribution in [2.24, 2.45) is 5.73 Å². The maximum absolute atomic E-state index is 14.0. The van der Waals surface area contributed by atoms with Crippen molar-refractivity contribution in [1.29, 1.82) is 0 Å². The fourth-order valence-corrected chi connectivity index (χ4v) is 4.90. The van der Waals surface area contributed by atoms with Crippen LogP contribution in [0.3, 0.4) is 0 Å². The highest BCUT2D eigenvalue weighted by Crippen LogP contribution is 2.27. The van der Waals surface area contributed by atoms with Gasteiger partial charge in [0.25, 0.3) is 0 Å². The lowest BCUT2D eigenvalue weighted by atomic mass is 9.80. The highest BCUT2D eigenvalue weighted by molar-refractivity contribution is 6.11. The fourth-order valence-electron chi connectivity index (χ4n) is 4.90. The first-order valence-corrected chi connectivity index (χ1v) is 14.6. The van der Waals surface area contributed by atoms with Gasteiger partial charge in [0.05, 0.1) is 12.5 Å². The van der Waals surface area contributed by atoms with Gasteiger partial charge in [-0.15, -0.1) is 0 Å². The molecule has 0 saturated carbocycles. The normalized spacial score (nSPS) is 18.6. The number of Topliss-reactive ketones (excluding diaryl/α,β-unsaturated/α-hetero) is 1. The second-order valence-electron chi connectivity index (χ2n) is 11.8. The Kier molecular flexibility index (Phi) is 12.0. The molecule has 0 aliphatic carbocycles. The van der Waals surface area contributed by atoms with Gasteiger partial charge < -0.3 is 30.9 Å². The predicted molar refractivity (Wildman–Crippen MR) is 161 cm³/mol. The number of hydrogen-bond donors (Lipinski definition) is 5. The largest absolute Gasteiger partial charge is 0.458 e. The third-order valence-corrected chi connectivity index (χ3v) is 7.08. The van der Waals surface area contributed by atoms with Crippen molar-refractivity contribution < 1.29 is 38.6 Å². The number of amides is 3. The quantitative estimate of drug-likeness (QED) is 0.166. The molecule has 1 saturated heterocycles. The van der Waals surface area contributed by atoms with E-state index in [0.29, 0.717) is 24.1 Å². The van der Waals surface area contributed by atoms with Gasteiger partial charge in [-0.05, 0) is 64.1 Å². The molecular weight excluding hydrogens is 568 g/mol. The van der Waals surface area contributed by atoms with Crippen molar-refractivity contribution in [2.75, 3.05) is 6.54 Å². The van der Waals surface area contributed by atoms with E-state index in [1.165, 1.54) is 0 Å². The lowest BCUT2D eigenvalue weighted by Gasteiger charge is -2.39. The molecule has 4 atom stereocenters. The molecule has 3 amide bonds. The van der Waals surface area contributed by atoms with Crippen molar-refractivity contribution in [1.82, 2.24) is 16.0 Å². The average molecular weight is 611 g/mol. The van der Waals surface area contributed by atoms with Crippen LogP contribution in [0.4, 0.5) is 4.79 Å². The summed E-state index contributed by atoms with van der Waals surface area (Å²) >= 11 is 0. The van der Waals surface area contributed by atoms with Crippen LogP contribution in [0.25, 0.3) is 0 Å². The number of aliphatic hydroxyl groups excluding tert-OH is 1. The van der Waals surface area contributed by atoms with Gasteiger partial charge in [-0.3, -0.25) is 19.7 Å². The van der Waals surface area contributed by atoms with Crippen molar-refractivity contribution >= 4 is 29.7 Å². The summed E-state index contributed by atoms with van der Waals surface area (Å²) in [5.41, 5.74) is 4.02. The Morgan fingerprint density at radius 1 is 0.955 bits per heavy atom. The molecule has 0 bridgehead atoms. The van der Waals surface area contributed by atoms with Crippen LogP contribution in [-0.2, 0) is 41.7 Å². The van der Waals surface area contributed by atoms with Crippen molar-refractivity contribution in [2.45, 2.75) is 88.8 Å². The number of alkyl carbamates (subject to hydrolysis) is 1. The summed E-state index contributed by atoms with van der Waals surface area (Å²) in [6.07, 6.45) is -2.06. The van der Waals surface area contributed by atoms with Crippen LogP contribution in [0.15, 0.2) is 60.7 Å². The molecule has 238 valence electrons. The van der Waals surface area contributed by atoms with Gasteiger partial charge in [-0.1, -0.05) is 60.7 Å². The summed E-state index contributed by atoms with van der Waals surface area (Å²) in [6.45, 7) is 5.30. The minimum atomic E-state index is -1.86. The molecule has 1 aliphatic heterocycles. The van der Waals surface area contributed by atoms with Crippen LogP contribution in [0, 0.1) is 0 Å². The molecule has 44 heavy (non-hydrogen) atoms. The van der Waals surface area contributed by atoms with Crippen molar-refractivity contribution in [3.05, 3.63) is 71.8 Å². The number of benzene rings is 2. The van der Waals surface area contributed by atoms with Crippen LogP contribution in [0.5, 0.6) is 0 Å². The van der Waals surface area contributed by atoms with Gasteiger partial charge in [-0.2, -0.15) is 0 Å². The molecule has 3 rings (SSSR count). The number of hydrogen-bond acceptors (Lipinski definition) is 9. The molecule has 0 aromatic heterocycles. The zero-order valence-electron chi connectivity index (χ0n) is 25.3. The summed E-state index contributed by atoms with van der Waals surface area (Å²) in [4.78, 5) is 65.2. The van der Waals surface area contributed by atoms with E-state index in [2.05, 4.69) is 16.0 Å². The van der Waals surface area contributed by atoms with Crippen LogP contribution < -0.4 is 21.7 Å². The smallest absolute Gasteiger partial charge is 0.408 e. The van der Waals surface area contributed by atoms with Crippen molar-refractivity contribution in [3.63, 3.8) is 0 Å². The number of esters is 1. The third kappa shape index (κ3) is 9.88. The maximum Gasteiger partial charge on any atom is 0.408 e. The van der Waals surface area contributed by atoms with Crippen molar-refractivity contribution in [3.8, 4) is 0 Å². The number of ketones is 1. The number of rotatable bonds is 13. The van der Waals surface area contributed by atoms with Crippen LogP contribution in [-0.4, -0.2) is 70.6 Å². The molecule has 12 heteroatoms. The van der Waals surface area contributed by atoms with Gasteiger partial charge in [0.15, 0.2) is 11.3 Å². The van der Waals surface area contributed by atoms with Gasteiger partial charge in [0.1, 0.15) is 24.4 Å². The lowest BCUT2D eigenvalue weighted by Crippen LogP contribution is -2.67. The molecular formula is C32H42N4O8. The topological polar surface area (TPSA) is 186 Å².